The zero-order valence-corrected chi connectivity index (χ0v) is 12.7. The number of likely N-dealkylation sites (tertiary alicyclic amines) is 1. The van der Waals surface area contributed by atoms with Crippen molar-refractivity contribution in [3.63, 3.8) is 0 Å². The molecule has 0 radical (unpaired) electrons. The Bertz CT molecular complexity index is 628. The van der Waals surface area contributed by atoms with Crippen LogP contribution in [-0.2, 0) is 11.3 Å². The first-order valence-corrected chi connectivity index (χ1v) is 7.56. The molecule has 1 aromatic carbocycles. The van der Waals surface area contributed by atoms with Gasteiger partial charge in [0.2, 0.25) is 0 Å². The number of rotatable bonds is 3. The molecule has 2 aromatic rings. The number of nitrogens with zero attached hydrogens (tertiary/aromatic N) is 2. The third kappa shape index (κ3) is 2.87. The van der Waals surface area contributed by atoms with Crippen LogP contribution < -0.4 is 5.73 Å². The average Bonchev–Trinajstić information content (AvgIpc) is 2.52. The molecule has 112 valence electrons. The standard InChI is InChI=1S/C17H23N3O/c1-12-7-9-20(11-16(12)21-2)10-13-5-6-15(18)14-4-3-8-19-17(13)14/h3-6,8,12,16H,7,9-11,18H2,1-2H3. The molecule has 2 N–H and O–H groups in total. The second-order valence-electron chi connectivity index (χ2n) is 5.99. The van der Waals surface area contributed by atoms with Gasteiger partial charge in [0.25, 0.3) is 0 Å². The summed E-state index contributed by atoms with van der Waals surface area (Å²) >= 11 is 0. The van der Waals surface area contributed by atoms with E-state index in [-0.39, 0.29) is 0 Å². The summed E-state index contributed by atoms with van der Waals surface area (Å²) in [7, 11) is 1.81. The predicted molar refractivity (Wildman–Crippen MR) is 86.0 cm³/mol. The molecule has 0 aliphatic carbocycles. The van der Waals surface area contributed by atoms with Crippen molar-refractivity contribution in [2.24, 2.45) is 5.92 Å². The van der Waals surface area contributed by atoms with Crippen LogP contribution in [0.15, 0.2) is 30.5 Å². The Morgan fingerprint density at radius 2 is 2.24 bits per heavy atom. The number of anilines is 1. The molecular formula is C17H23N3O. The lowest BCUT2D eigenvalue weighted by Gasteiger charge is -2.36. The summed E-state index contributed by atoms with van der Waals surface area (Å²) in [5, 5.41) is 1.05. The van der Waals surface area contributed by atoms with Crippen molar-refractivity contribution in [2.45, 2.75) is 26.0 Å². The highest BCUT2D eigenvalue weighted by atomic mass is 16.5. The topological polar surface area (TPSA) is 51.4 Å². The molecule has 1 aliphatic rings. The zero-order chi connectivity index (χ0) is 14.8. The Morgan fingerprint density at radius 3 is 3.05 bits per heavy atom. The average molecular weight is 285 g/mol. The number of piperidine rings is 1. The van der Waals surface area contributed by atoms with Gasteiger partial charge in [-0.05, 0) is 42.6 Å². The number of hydrogen-bond donors (Lipinski definition) is 1. The minimum Gasteiger partial charge on any atom is -0.398 e. The molecule has 21 heavy (non-hydrogen) atoms. The van der Waals surface area contributed by atoms with E-state index in [1.54, 1.807) is 0 Å². The fourth-order valence-electron chi connectivity index (χ4n) is 3.17. The Hall–Kier alpha value is -1.65. The van der Waals surface area contributed by atoms with E-state index in [2.05, 4.69) is 22.9 Å². The van der Waals surface area contributed by atoms with E-state index in [0.717, 1.165) is 36.2 Å². The Morgan fingerprint density at radius 1 is 1.38 bits per heavy atom. The molecule has 0 spiro atoms. The third-order valence-corrected chi connectivity index (χ3v) is 4.56. The number of methoxy groups -OCH3 is 1. The van der Waals surface area contributed by atoms with Crippen LogP contribution >= 0.6 is 0 Å². The fraction of sp³-hybridized carbons (Fsp3) is 0.471. The van der Waals surface area contributed by atoms with Crippen LogP contribution in [-0.4, -0.2) is 36.2 Å². The summed E-state index contributed by atoms with van der Waals surface area (Å²) in [5.41, 5.74) is 9.10. The monoisotopic (exact) mass is 285 g/mol. The van der Waals surface area contributed by atoms with Gasteiger partial charge < -0.3 is 10.5 Å². The van der Waals surface area contributed by atoms with Crippen LogP contribution in [0.25, 0.3) is 10.9 Å². The van der Waals surface area contributed by atoms with E-state index in [9.17, 15) is 0 Å². The van der Waals surface area contributed by atoms with Gasteiger partial charge in [-0.2, -0.15) is 0 Å². The summed E-state index contributed by atoms with van der Waals surface area (Å²) in [5.74, 6) is 0.632. The highest BCUT2D eigenvalue weighted by Gasteiger charge is 2.26. The van der Waals surface area contributed by atoms with E-state index in [4.69, 9.17) is 10.5 Å². The largest absolute Gasteiger partial charge is 0.398 e. The van der Waals surface area contributed by atoms with E-state index in [0.29, 0.717) is 12.0 Å². The maximum Gasteiger partial charge on any atom is 0.0767 e. The lowest BCUT2D eigenvalue weighted by atomic mass is 9.95. The van der Waals surface area contributed by atoms with Crippen molar-refractivity contribution < 1.29 is 4.74 Å². The van der Waals surface area contributed by atoms with E-state index in [1.165, 1.54) is 12.0 Å². The Kier molecular flexibility index (Phi) is 4.08. The molecule has 1 aromatic heterocycles. The number of pyridine rings is 1. The van der Waals surface area contributed by atoms with E-state index < -0.39 is 0 Å². The highest BCUT2D eigenvalue weighted by molar-refractivity contribution is 5.92. The molecule has 0 bridgehead atoms. The second kappa shape index (κ2) is 6.00. The molecule has 1 saturated heterocycles. The van der Waals surface area contributed by atoms with Crippen molar-refractivity contribution in [3.05, 3.63) is 36.0 Å². The summed E-state index contributed by atoms with van der Waals surface area (Å²) in [6.45, 7) is 5.27. The maximum absolute atomic E-state index is 6.05. The molecule has 2 unspecified atom stereocenters. The number of fused-ring (bicyclic) bond motifs is 1. The van der Waals surface area contributed by atoms with Crippen LogP contribution in [0.3, 0.4) is 0 Å². The van der Waals surface area contributed by atoms with E-state index >= 15 is 0 Å². The summed E-state index contributed by atoms with van der Waals surface area (Å²) in [6, 6.07) is 8.06. The highest BCUT2D eigenvalue weighted by Crippen LogP contribution is 2.26. The van der Waals surface area contributed by atoms with Crippen molar-refractivity contribution in [1.82, 2.24) is 9.88 Å². The number of hydrogen-bond acceptors (Lipinski definition) is 4. The zero-order valence-electron chi connectivity index (χ0n) is 12.7. The van der Waals surface area contributed by atoms with Gasteiger partial charge in [-0.3, -0.25) is 9.88 Å². The van der Waals surface area contributed by atoms with Crippen LogP contribution in [0.2, 0.25) is 0 Å². The smallest absolute Gasteiger partial charge is 0.0767 e. The molecule has 3 rings (SSSR count). The summed E-state index contributed by atoms with van der Waals surface area (Å²) in [6.07, 6.45) is 3.34. The van der Waals surface area contributed by atoms with Gasteiger partial charge in [0.05, 0.1) is 11.6 Å². The number of nitrogen functional groups attached to an aromatic ring is 1. The molecule has 2 atom stereocenters. The number of benzene rings is 1. The molecule has 0 amide bonds. The molecule has 1 aliphatic heterocycles. The molecule has 4 heteroatoms. The summed E-state index contributed by atoms with van der Waals surface area (Å²) in [4.78, 5) is 6.98. The number of nitrogens with two attached hydrogens (primary N) is 1. The van der Waals surface area contributed by atoms with Crippen molar-refractivity contribution in [2.75, 3.05) is 25.9 Å². The minimum absolute atomic E-state index is 0.326. The molecule has 1 fully saturated rings. The normalized spacial score (nSPS) is 23.5. The van der Waals surface area contributed by atoms with Crippen LogP contribution in [0.4, 0.5) is 5.69 Å². The van der Waals surface area contributed by atoms with Gasteiger partial charge in [-0.25, -0.2) is 0 Å². The van der Waals surface area contributed by atoms with Gasteiger partial charge in [0, 0.05) is 37.5 Å². The lowest BCUT2D eigenvalue weighted by molar-refractivity contribution is -0.00734. The van der Waals surface area contributed by atoms with E-state index in [1.807, 2.05) is 31.5 Å². The van der Waals surface area contributed by atoms with Gasteiger partial charge in [-0.15, -0.1) is 0 Å². The summed E-state index contributed by atoms with van der Waals surface area (Å²) < 4.78 is 5.60. The first kappa shape index (κ1) is 14.3. The molecule has 4 nitrogen and oxygen atoms in total. The van der Waals surface area contributed by atoms with Crippen LogP contribution in [0.5, 0.6) is 0 Å². The molecule has 2 heterocycles. The first-order chi connectivity index (χ1) is 10.2. The van der Waals surface area contributed by atoms with Crippen LogP contribution in [0, 0.1) is 5.92 Å². The van der Waals surface area contributed by atoms with Gasteiger partial charge >= 0.3 is 0 Å². The van der Waals surface area contributed by atoms with Gasteiger partial charge in [-0.1, -0.05) is 13.0 Å². The first-order valence-electron chi connectivity index (χ1n) is 7.56. The van der Waals surface area contributed by atoms with Crippen molar-refractivity contribution in [3.8, 4) is 0 Å². The van der Waals surface area contributed by atoms with Crippen LogP contribution in [0.1, 0.15) is 18.9 Å². The second-order valence-corrected chi connectivity index (χ2v) is 5.99. The number of aromatic nitrogens is 1. The van der Waals surface area contributed by atoms with Crippen molar-refractivity contribution >= 4 is 16.6 Å². The maximum atomic E-state index is 6.05. The quantitative estimate of drug-likeness (QED) is 0.881. The van der Waals surface area contributed by atoms with Gasteiger partial charge in [0.15, 0.2) is 0 Å². The third-order valence-electron chi connectivity index (χ3n) is 4.56. The molecule has 0 saturated carbocycles. The Labute approximate surface area is 125 Å². The van der Waals surface area contributed by atoms with Gasteiger partial charge in [0.1, 0.15) is 0 Å². The SMILES string of the molecule is COC1CN(Cc2ccc(N)c3cccnc23)CCC1C. The fourth-order valence-corrected chi connectivity index (χ4v) is 3.17. The molecular weight excluding hydrogens is 262 g/mol. The predicted octanol–water partition coefficient (Wildman–Crippen LogP) is 2.67. The minimum atomic E-state index is 0.326. The number of ether oxygens (including phenoxy) is 1. The Balaban J connectivity index is 1.84. The lowest BCUT2D eigenvalue weighted by Crippen LogP contribution is -2.43. The van der Waals surface area contributed by atoms with Crippen molar-refractivity contribution in [1.29, 1.82) is 0 Å².